The van der Waals surface area contributed by atoms with E-state index < -0.39 is 11.5 Å². The number of hydrogen-bond donors (Lipinski definition) is 2. The van der Waals surface area contributed by atoms with Crippen LogP contribution < -0.4 is 5.32 Å². The maximum absolute atomic E-state index is 12.5. The number of hydrogen-bond acceptors (Lipinski definition) is 4. The minimum atomic E-state index is -1.16. The Kier molecular flexibility index (Phi) is 5.06. The van der Waals surface area contributed by atoms with Gasteiger partial charge in [0.05, 0.1) is 23.5 Å². The summed E-state index contributed by atoms with van der Waals surface area (Å²) in [5, 5.41) is 20.6. The number of aromatic nitrogens is 3. The van der Waals surface area contributed by atoms with Crippen LogP contribution in [0.1, 0.15) is 44.0 Å². The van der Waals surface area contributed by atoms with E-state index in [1.165, 1.54) is 0 Å². The fourth-order valence-corrected chi connectivity index (χ4v) is 3.45. The first-order chi connectivity index (χ1) is 12.4. The highest BCUT2D eigenvalue weighted by atomic mass is 16.4. The first kappa shape index (κ1) is 18.1. The van der Waals surface area contributed by atoms with Crippen molar-refractivity contribution in [2.75, 3.05) is 0 Å². The Balaban J connectivity index is 1.72. The second-order valence-electron chi connectivity index (χ2n) is 7.16. The highest BCUT2D eigenvalue weighted by Gasteiger charge is 2.42. The van der Waals surface area contributed by atoms with E-state index in [0.717, 1.165) is 24.2 Å². The van der Waals surface area contributed by atoms with Gasteiger partial charge in [0.1, 0.15) is 5.54 Å². The minimum Gasteiger partial charge on any atom is -0.480 e. The van der Waals surface area contributed by atoms with E-state index in [1.54, 1.807) is 4.68 Å². The van der Waals surface area contributed by atoms with E-state index in [0.29, 0.717) is 24.5 Å². The summed E-state index contributed by atoms with van der Waals surface area (Å²) < 4.78 is 1.68. The lowest BCUT2D eigenvalue weighted by atomic mass is 9.77. The van der Waals surface area contributed by atoms with E-state index in [-0.39, 0.29) is 12.3 Å². The molecule has 0 spiro atoms. The Labute approximate surface area is 152 Å². The van der Waals surface area contributed by atoms with Gasteiger partial charge in [-0.2, -0.15) is 0 Å². The van der Waals surface area contributed by atoms with Crippen LogP contribution >= 0.6 is 0 Å². The molecule has 0 aliphatic heterocycles. The Morgan fingerprint density at radius 2 is 1.92 bits per heavy atom. The lowest BCUT2D eigenvalue weighted by molar-refractivity contribution is -0.149. The fraction of sp³-hybridized carbons (Fsp3) is 0.474. The fourth-order valence-electron chi connectivity index (χ4n) is 3.45. The van der Waals surface area contributed by atoms with Crippen LogP contribution in [0.4, 0.5) is 0 Å². The summed E-state index contributed by atoms with van der Waals surface area (Å²) in [5.74, 6) is -0.792. The Bertz CT molecular complexity index is 792. The third-order valence-corrected chi connectivity index (χ3v) is 5.23. The van der Waals surface area contributed by atoms with Gasteiger partial charge in [-0.05, 0) is 50.7 Å². The van der Waals surface area contributed by atoms with Crippen molar-refractivity contribution >= 4 is 11.9 Å². The summed E-state index contributed by atoms with van der Waals surface area (Å²) in [6, 6.07) is 9.55. The molecule has 1 aromatic carbocycles. The van der Waals surface area contributed by atoms with Gasteiger partial charge in [0.25, 0.3) is 0 Å². The standard InChI is InChI=1S/C19H24N4O3/c1-13-8-10-19(11-9-13,18(25)26)20-17(24)12-16-14(2)23(22-21-16)15-6-4-3-5-7-15/h3-7,13H,8-12H2,1-2H3,(H,20,24)(H,25,26). The zero-order valence-corrected chi connectivity index (χ0v) is 15.1. The largest absolute Gasteiger partial charge is 0.480 e. The van der Waals surface area contributed by atoms with Gasteiger partial charge in [-0.15, -0.1) is 5.10 Å². The lowest BCUT2D eigenvalue weighted by Crippen LogP contribution is -2.56. The molecule has 1 aliphatic carbocycles. The zero-order valence-electron chi connectivity index (χ0n) is 15.1. The van der Waals surface area contributed by atoms with Gasteiger partial charge in [-0.25, -0.2) is 9.48 Å². The monoisotopic (exact) mass is 356 g/mol. The molecule has 0 atom stereocenters. The second kappa shape index (κ2) is 7.27. The van der Waals surface area contributed by atoms with E-state index in [1.807, 2.05) is 37.3 Å². The molecule has 0 radical (unpaired) electrons. The van der Waals surface area contributed by atoms with Crippen molar-refractivity contribution in [1.29, 1.82) is 0 Å². The van der Waals surface area contributed by atoms with Gasteiger partial charge < -0.3 is 10.4 Å². The maximum atomic E-state index is 12.5. The first-order valence-corrected chi connectivity index (χ1v) is 8.92. The molecule has 7 heteroatoms. The average molecular weight is 356 g/mol. The van der Waals surface area contributed by atoms with E-state index in [2.05, 4.69) is 22.6 Å². The molecule has 2 aromatic rings. The number of carboxylic acids is 1. The van der Waals surface area contributed by atoms with Gasteiger partial charge >= 0.3 is 5.97 Å². The molecule has 1 amide bonds. The summed E-state index contributed by atoms with van der Waals surface area (Å²) >= 11 is 0. The van der Waals surface area contributed by atoms with Crippen molar-refractivity contribution in [3.63, 3.8) is 0 Å². The number of rotatable bonds is 5. The van der Waals surface area contributed by atoms with Crippen LogP contribution in [-0.4, -0.2) is 37.5 Å². The predicted molar refractivity (Wildman–Crippen MR) is 95.9 cm³/mol. The number of aliphatic carboxylic acids is 1. The summed E-state index contributed by atoms with van der Waals surface area (Å²) in [6.45, 7) is 3.96. The molecule has 0 unspecified atom stereocenters. The van der Waals surface area contributed by atoms with Crippen molar-refractivity contribution in [3.8, 4) is 5.69 Å². The number of benzene rings is 1. The van der Waals surface area contributed by atoms with Crippen LogP contribution in [0.2, 0.25) is 0 Å². The Morgan fingerprint density at radius 1 is 1.27 bits per heavy atom. The highest BCUT2D eigenvalue weighted by molar-refractivity contribution is 5.88. The van der Waals surface area contributed by atoms with Crippen molar-refractivity contribution < 1.29 is 14.7 Å². The molecule has 0 bridgehead atoms. The third-order valence-electron chi connectivity index (χ3n) is 5.23. The normalized spacial score (nSPS) is 22.8. The number of nitrogens with one attached hydrogen (secondary N) is 1. The lowest BCUT2D eigenvalue weighted by Gasteiger charge is -2.36. The average Bonchev–Trinajstić information content (AvgIpc) is 2.98. The summed E-state index contributed by atoms with van der Waals surface area (Å²) in [7, 11) is 0. The molecule has 1 saturated carbocycles. The molecule has 7 nitrogen and oxygen atoms in total. The van der Waals surface area contributed by atoms with Crippen LogP contribution in [-0.2, 0) is 16.0 Å². The molecule has 3 rings (SSSR count). The van der Waals surface area contributed by atoms with Crippen molar-refractivity contribution in [1.82, 2.24) is 20.3 Å². The van der Waals surface area contributed by atoms with Gasteiger partial charge in [-0.1, -0.05) is 30.3 Å². The number of carbonyl (C=O) groups excluding carboxylic acids is 1. The third kappa shape index (κ3) is 3.61. The van der Waals surface area contributed by atoms with Crippen LogP contribution in [0.3, 0.4) is 0 Å². The Hall–Kier alpha value is -2.70. The minimum absolute atomic E-state index is 0.0171. The summed E-state index contributed by atoms with van der Waals surface area (Å²) in [4.78, 5) is 24.3. The summed E-state index contributed by atoms with van der Waals surface area (Å²) in [6.07, 6.45) is 2.55. The van der Waals surface area contributed by atoms with Gasteiger partial charge in [0.15, 0.2) is 0 Å². The predicted octanol–water partition coefficient (Wildman–Crippen LogP) is 2.27. The quantitative estimate of drug-likeness (QED) is 0.856. The number of para-hydroxylation sites is 1. The van der Waals surface area contributed by atoms with Crippen molar-refractivity contribution in [3.05, 3.63) is 41.7 Å². The smallest absolute Gasteiger partial charge is 0.329 e. The molecule has 1 aliphatic rings. The maximum Gasteiger partial charge on any atom is 0.329 e. The molecule has 1 fully saturated rings. The number of nitrogens with zero attached hydrogens (tertiary/aromatic N) is 3. The number of amides is 1. The number of carboxylic acid groups (broad SMARTS) is 1. The molecule has 0 saturated heterocycles. The van der Waals surface area contributed by atoms with E-state index in [9.17, 15) is 14.7 Å². The van der Waals surface area contributed by atoms with Crippen LogP contribution in [0.15, 0.2) is 30.3 Å². The SMILES string of the molecule is Cc1c(CC(=O)NC2(C(=O)O)CCC(C)CC2)nnn1-c1ccccc1. The van der Waals surface area contributed by atoms with Crippen LogP contribution in [0, 0.1) is 12.8 Å². The molecule has 26 heavy (non-hydrogen) atoms. The zero-order chi connectivity index (χ0) is 18.7. The molecule has 138 valence electrons. The topological polar surface area (TPSA) is 97.1 Å². The molecule has 1 heterocycles. The summed E-state index contributed by atoms with van der Waals surface area (Å²) in [5.41, 5.74) is 1.03. The van der Waals surface area contributed by atoms with Crippen LogP contribution in [0.5, 0.6) is 0 Å². The van der Waals surface area contributed by atoms with Gasteiger partial charge in [0, 0.05) is 0 Å². The van der Waals surface area contributed by atoms with Gasteiger partial charge in [0.2, 0.25) is 5.91 Å². The molecular weight excluding hydrogens is 332 g/mol. The van der Waals surface area contributed by atoms with E-state index >= 15 is 0 Å². The Morgan fingerprint density at radius 3 is 2.54 bits per heavy atom. The molecule has 2 N–H and O–H groups in total. The molecule has 1 aromatic heterocycles. The van der Waals surface area contributed by atoms with Crippen LogP contribution in [0.25, 0.3) is 5.69 Å². The number of carbonyl (C=O) groups is 2. The van der Waals surface area contributed by atoms with Crippen molar-refractivity contribution in [2.24, 2.45) is 5.92 Å². The molecular formula is C19H24N4O3. The second-order valence-corrected chi connectivity index (χ2v) is 7.16. The first-order valence-electron chi connectivity index (χ1n) is 8.92. The van der Waals surface area contributed by atoms with Gasteiger partial charge in [-0.3, -0.25) is 4.79 Å². The van der Waals surface area contributed by atoms with Crippen molar-refractivity contribution in [2.45, 2.75) is 51.5 Å². The van der Waals surface area contributed by atoms with E-state index in [4.69, 9.17) is 0 Å². The highest BCUT2D eigenvalue weighted by Crippen LogP contribution is 2.32.